The van der Waals surface area contributed by atoms with Gasteiger partial charge in [-0.2, -0.15) is 0 Å². The third-order valence-electron chi connectivity index (χ3n) is 15.1. The third kappa shape index (κ3) is 11.0. The van der Waals surface area contributed by atoms with Crippen LogP contribution in [0, 0.1) is 12.8 Å². The van der Waals surface area contributed by atoms with E-state index in [9.17, 15) is 60.7 Å². The maximum Gasteiger partial charge on any atom is 0.202 e. The number of aliphatic hydroxyl groups excluding tert-OH is 6. The molecule has 0 amide bonds. The summed E-state index contributed by atoms with van der Waals surface area (Å²) in [5.74, 6) is -4.75. The van der Waals surface area contributed by atoms with Crippen LogP contribution in [-0.4, -0.2) is 200 Å². The molecule has 0 saturated carbocycles. The summed E-state index contributed by atoms with van der Waals surface area (Å²) in [5, 5.41) is 111. The van der Waals surface area contributed by atoms with Gasteiger partial charge in [0, 0.05) is 50.7 Å². The van der Waals surface area contributed by atoms with Gasteiger partial charge in [0.15, 0.2) is 30.9 Å². The Labute approximate surface area is 415 Å². The largest absolute Gasteiger partial charge is 0.547 e. The number of aromatic hydroxyl groups is 2. The van der Waals surface area contributed by atoms with Crippen molar-refractivity contribution in [3.63, 3.8) is 0 Å². The van der Waals surface area contributed by atoms with Crippen LogP contribution in [-0.2, 0) is 58.6 Å². The van der Waals surface area contributed by atoms with E-state index in [2.05, 4.69) is 0 Å². The maximum atomic E-state index is 14.7. The molecule has 5 saturated heterocycles. The number of carbonyl (C=O) groups excluding carboxylic acids is 2. The Kier molecular flexibility index (Phi) is 16.5. The number of carbonyl (C=O) groups is 2. The van der Waals surface area contributed by atoms with Crippen LogP contribution in [0.15, 0.2) is 12.1 Å². The summed E-state index contributed by atoms with van der Waals surface area (Å²) < 4.78 is 65.8. The molecule has 0 unspecified atom stereocenters. The Bertz CT molecular complexity index is 2250. The Hall–Kier alpha value is -3.44. The fraction of sp³-hybridized carbons (Fsp3) is 0.755. The quantitative estimate of drug-likeness (QED) is 0.118. The van der Waals surface area contributed by atoms with Crippen LogP contribution in [0.4, 0.5) is 0 Å². The Morgan fingerprint density at radius 1 is 0.694 bits per heavy atom. The number of fused-ring (bicyclic) bond motifs is 2. The van der Waals surface area contributed by atoms with E-state index in [4.69, 9.17) is 52.1 Å². The van der Waals surface area contributed by atoms with E-state index in [0.29, 0.717) is 0 Å². The van der Waals surface area contributed by atoms with E-state index < -0.39 is 164 Å². The molecule has 5 heterocycles. The highest BCUT2D eigenvalue weighted by atomic mass is 16.7. The first-order chi connectivity index (χ1) is 33.9. The standard InChI is InChI=1S/C49H70O23/c1-17-27(68-32-13-28(40(53)19(3)64-32)69-31-12-26(50)39(52)18(2)63-31)11-24-9-23-10-25(46(62-8)48(59)60)45(44(57)37(23)43(56)36(24)38(17)51)72-34-15-29(41(54)21(5)66-34)70-33-14-30(42(55)20(4)65-33)71-35-16-49(7,61)47(58)22(6)67-35/h9,11,18-22,25-26,28-35,39-42,45-47,50-56,58,61H,10,12-16H2,1-8H3,(H,59,60)/p-1/t18-,19-,20-,21-,22-,25-,26-,28-,29-,30-,31+,32+,33+,34+,35+,39-,40-,41-,42+,45+,46+,47-,49+/m1/s1. The molecule has 72 heavy (non-hydrogen) atoms. The van der Waals surface area contributed by atoms with Crippen molar-refractivity contribution < 1.29 is 113 Å². The highest BCUT2D eigenvalue weighted by Crippen LogP contribution is 2.47. The predicted molar refractivity (Wildman–Crippen MR) is 241 cm³/mol. The second-order valence-corrected chi connectivity index (χ2v) is 20.4. The maximum absolute atomic E-state index is 14.7. The number of rotatable bonds is 13. The Balaban J connectivity index is 1.01. The van der Waals surface area contributed by atoms with Crippen molar-refractivity contribution in [3.8, 4) is 17.2 Å². The van der Waals surface area contributed by atoms with Gasteiger partial charge in [0.05, 0.1) is 77.5 Å². The zero-order valence-electron chi connectivity index (χ0n) is 41.3. The number of phenolic OH excluding ortho intramolecular Hbond substituents is 2. The van der Waals surface area contributed by atoms with Gasteiger partial charge < -0.3 is 108 Å². The van der Waals surface area contributed by atoms with Crippen LogP contribution in [0.5, 0.6) is 17.2 Å². The topological polar surface area (TPSA) is 341 Å². The predicted octanol–water partition coefficient (Wildman–Crippen LogP) is -0.810. The fourth-order valence-corrected chi connectivity index (χ4v) is 10.9. The van der Waals surface area contributed by atoms with Gasteiger partial charge in [-0.3, -0.25) is 4.79 Å². The second kappa shape index (κ2) is 21.7. The lowest BCUT2D eigenvalue weighted by Crippen LogP contribution is -2.58. The van der Waals surface area contributed by atoms with Gasteiger partial charge in [0.25, 0.3) is 0 Å². The number of carboxylic acid groups (broad SMARTS) is 1. The average molecular weight is 1030 g/mol. The molecule has 0 radical (unpaired) electrons. The monoisotopic (exact) mass is 1030 g/mol. The molecule has 2 aromatic rings. The summed E-state index contributed by atoms with van der Waals surface area (Å²) in [6.07, 6.45) is -23.3. The minimum absolute atomic E-state index is 0.0257. The number of Topliss-reactive ketones (excluding diaryl/α,β-unsaturated/α-hetero) is 1. The van der Waals surface area contributed by atoms with Crippen LogP contribution in [0.2, 0.25) is 0 Å². The summed E-state index contributed by atoms with van der Waals surface area (Å²) in [7, 11) is 1.13. The van der Waals surface area contributed by atoms with Gasteiger partial charge >= 0.3 is 0 Å². The summed E-state index contributed by atoms with van der Waals surface area (Å²) in [6, 6.07) is 3.01. The molecule has 5 aliphatic heterocycles. The summed E-state index contributed by atoms with van der Waals surface area (Å²) >= 11 is 0. The van der Waals surface area contributed by atoms with E-state index >= 15 is 0 Å². The minimum atomic E-state index is -1.72. The van der Waals surface area contributed by atoms with Gasteiger partial charge in [-0.25, -0.2) is 0 Å². The van der Waals surface area contributed by atoms with Gasteiger partial charge in [-0.05, 0) is 78.0 Å². The van der Waals surface area contributed by atoms with Crippen LogP contribution < -0.4 is 9.84 Å². The van der Waals surface area contributed by atoms with Gasteiger partial charge in [-0.15, -0.1) is 0 Å². The SMILES string of the molecule is CO[C@H](C(=O)[O-])[C@@H]1Cc2cc3cc(O[C@H]4C[C@@H](O[C@H]5C[C@@H](O)[C@H](O)[C@@H](C)O5)[C@H](O)[C@@H](C)O4)c(C)c(O)c3c(O)c2C(=O)[C@H]1O[C@H]1C[C@@H](O[C@H]2C[C@@H](O[C@H]3C[C@](C)(O)[C@H](O)[C@@H](C)O3)[C@@H](O)[C@@H](C)O2)[C@H](O)[C@@H](C)O1. The van der Waals surface area contributed by atoms with Crippen LogP contribution in [0.25, 0.3) is 10.8 Å². The number of aliphatic carboxylic acids is 1. The van der Waals surface area contributed by atoms with Crippen molar-refractivity contribution >= 4 is 22.5 Å². The number of methoxy groups -OCH3 is 1. The smallest absolute Gasteiger partial charge is 0.202 e. The first-order valence-corrected chi connectivity index (χ1v) is 24.5. The van der Waals surface area contributed by atoms with Gasteiger partial charge in [-0.1, -0.05) is 0 Å². The Morgan fingerprint density at radius 3 is 1.71 bits per heavy atom. The Morgan fingerprint density at radius 2 is 1.18 bits per heavy atom. The molecule has 2 aromatic carbocycles. The number of phenols is 2. The zero-order chi connectivity index (χ0) is 52.4. The molecule has 0 aromatic heterocycles. The molecule has 8 rings (SSSR count). The molecule has 6 aliphatic rings. The molecule has 23 nitrogen and oxygen atoms in total. The van der Waals surface area contributed by atoms with Crippen molar-refractivity contribution in [1.29, 1.82) is 0 Å². The third-order valence-corrected chi connectivity index (χ3v) is 15.1. The van der Waals surface area contributed by atoms with E-state index in [-0.39, 0.29) is 71.7 Å². The van der Waals surface area contributed by atoms with Crippen molar-refractivity contribution in [2.75, 3.05) is 7.11 Å². The molecule has 23 heteroatoms. The molecule has 1 aliphatic carbocycles. The van der Waals surface area contributed by atoms with Crippen LogP contribution >= 0.6 is 0 Å². The van der Waals surface area contributed by atoms with Crippen LogP contribution in [0.3, 0.4) is 0 Å². The van der Waals surface area contributed by atoms with Gasteiger partial charge in [0.1, 0.15) is 60.0 Å². The first kappa shape index (κ1) is 54.8. The average Bonchev–Trinajstić information content (AvgIpc) is 3.29. The molecule has 23 atom stereocenters. The van der Waals surface area contributed by atoms with E-state index in [1.807, 2.05) is 0 Å². The highest BCUT2D eigenvalue weighted by molar-refractivity contribution is 6.11. The van der Waals surface area contributed by atoms with Crippen molar-refractivity contribution in [1.82, 2.24) is 0 Å². The number of hydrogen-bond acceptors (Lipinski definition) is 23. The molecule has 404 valence electrons. The highest BCUT2D eigenvalue weighted by Gasteiger charge is 2.50. The van der Waals surface area contributed by atoms with Crippen LogP contribution in [0.1, 0.15) is 95.1 Å². The molecule has 9 N–H and O–H groups in total. The number of aliphatic hydroxyl groups is 7. The van der Waals surface area contributed by atoms with E-state index in [1.165, 1.54) is 32.9 Å². The lowest BCUT2D eigenvalue weighted by Gasteiger charge is -2.46. The van der Waals surface area contributed by atoms with Crippen molar-refractivity contribution in [3.05, 3.63) is 28.8 Å². The minimum Gasteiger partial charge on any atom is -0.547 e. The lowest BCUT2D eigenvalue weighted by atomic mass is 9.76. The molecule has 0 bridgehead atoms. The zero-order valence-corrected chi connectivity index (χ0v) is 41.3. The molecule has 5 fully saturated rings. The first-order valence-electron chi connectivity index (χ1n) is 24.5. The normalized spacial score (nSPS) is 43.3. The van der Waals surface area contributed by atoms with E-state index in [0.717, 1.165) is 7.11 Å². The number of ketones is 1. The summed E-state index contributed by atoms with van der Waals surface area (Å²) in [5.41, 5.74) is -1.45. The second-order valence-electron chi connectivity index (χ2n) is 20.4. The van der Waals surface area contributed by atoms with Gasteiger partial charge in [0.2, 0.25) is 6.29 Å². The number of benzene rings is 2. The fourth-order valence-electron chi connectivity index (χ4n) is 10.9. The number of carboxylic acids is 1. The summed E-state index contributed by atoms with van der Waals surface area (Å²) in [6.45, 7) is 10.9. The lowest BCUT2D eigenvalue weighted by molar-refractivity contribution is -0.335. The molecular weight excluding hydrogens is 957 g/mol. The van der Waals surface area contributed by atoms with Crippen molar-refractivity contribution in [2.24, 2.45) is 5.92 Å². The summed E-state index contributed by atoms with van der Waals surface area (Å²) in [4.78, 5) is 27.3. The molecule has 0 spiro atoms. The molecular formula is C49H69O23-. The number of hydrogen-bond donors (Lipinski definition) is 9. The van der Waals surface area contributed by atoms with E-state index in [1.54, 1.807) is 27.7 Å². The van der Waals surface area contributed by atoms with Crippen molar-refractivity contribution in [2.45, 2.75) is 222 Å². The number of ether oxygens (including phenoxy) is 11.